The van der Waals surface area contributed by atoms with Crippen LogP contribution in [0.1, 0.15) is 11.3 Å². The van der Waals surface area contributed by atoms with Crippen molar-refractivity contribution in [3.63, 3.8) is 0 Å². The first-order valence-electron chi connectivity index (χ1n) is 4.90. The number of imidazole rings is 1. The Morgan fingerprint density at radius 2 is 2.00 bits per heavy atom. The van der Waals surface area contributed by atoms with Gasteiger partial charge in [-0.2, -0.15) is 0 Å². The van der Waals surface area contributed by atoms with Gasteiger partial charge in [0.15, 0.2) is 0 Å². The van der Waals surface area contributed by atoms with Crippen LogP contribution < -0.4 is 4.74 Å². The lowest BCUT2D eigenvalue weighted by molar-refractivity contribution is 0.297. The molecule has 3 heteroatoms. The summed E-state index contributed by atoms with van der Waals surface area (Å²) in [5, 5.41) is 0. The van der Waals surface area contributed by atoms with Crippen molar-refractivity contribution in [3.05, 3.63) is 48.0 Å². The van der Waals surface area contributed by atoms with Crippen LogP contribution in [-0.2, 0) is 13.7 Å². The molecule has 0 aliphatic heterocycles. The highest BCUT2D eigenvalue weighted by Gasteiger charge is 1.99. The molecule has 0 N–H and O–H groups in total. The van der Waals surface area contributed by atoms with Crippen LogP contribution in [-0.4, -0.2) is 9.55 Å². The third-order valence-electron chi connectivity index (χ3n) is 2.32. The first-order chi connectivity index (χ1) is 7.25. The molecule has 1 aromatic carbocycles. The molecule has 0 aliphatic carbocycles. The van der Waals surface area contributed by atoms with Gasteiger partial charge in [0.2, 0.25) is 0 Å². The second kappa shape index (κ2) is 4.17. The van der Waals surface area contributed by atoms with Gasteiger partial charge in [-0.3, -0.25) is 0 Å². The van der Waals surface area contributed by atoms with Crippen LogP contribution in [0.25, 0.3) is 0 Å². The summed E-state index contributed by atoms with van der Waals surface area (Å²) in [7, 11) is 1.96. The quantitative estimate of drug-likeness (QED) is 0.763. The van der Waals surface area contributed by atoms with E-state index >= 15 is 0 Å². The highest BCUT2D eigenvalue weighted by atomic mass is 16.5. The molecule has 0 unspecified atom stereocenters. The van der Waals surface area contributed by atoms with E-state index in [2.05, 4.69) is 11.9 Å². The molecule has 0 saturated heterocycles. The van der Waals surface area contributed by atoms with Crippen molar-refractivity contribution in [2.75, 3.05) is 0 Å². The highest BCUT2D eigenvalue weighted by molar-refractivity contribution is 5.26. The minimum Gasteiger partial charge on any atom is -0.487 e. The van der Waals surface area contributed by atoms with Crippen molar-refractivity contribution in [1.82, 2.24) is 9.55 Å². The number of hydrogen-bond acceptors (Lipinski definition) is 2. The van der Waals surface area contributed by atoms with E-state index < -0.39 is 0 Å². The standard InChI is InChI=1S/C12H14N2O/c1-10-3-5-12(6-4-10)15-8-11-7-13-9-14(11)2/h3-7,9H,8H2,1-2H3. The van der Waals surface area contributed by atoms with Crippen molar-refractivity contribution < 1.29 is 4.74 Å². The maximum absolute atomic E-state index is 5.63. The molecule has 3 nitrogen and oxygen atoms in total. The largest absolute Gasteiger partial charge is 0.487 e. The predicted octanol–water partition coefficient (Wildman–Crippen LogP) is 2.31. The molecule has 0 saturated carbocycles. The Morgan fingerprint density at radius 3 is 2.60 bits per heavy atom. The zero-order chi connectivity index (χ0) is 10.7. The zero-order valence-electron chi connectivity index (χ0n) is 8.97. The molecule has 2 aromatic rings. The Balaban J connectivity index is 1.99. The number of hydrogen-bond donors (Lipinski definition) is 0. The second-order valence-electron chi connectivity index (χ2n) is 3.60. The minimum atomic E-state index is 0.555. The summed E-state index contributed by atoms with van der Waals surface area (Å²) in [5.74, 6) is 0.891. The van der Waals surface area contributed by atoms with Gasteiger partial charge in [-0.1, -0.05) is 17.7 Å². The highest BCUT2D eigenvalue weighted by Crippen LogP contribution is 2.13. The lowest BCUT2D eigenvalue weighted by Gasteiger charge is -2.06. The average molecular weight is 202 g/mol. The molecule has 0 bridgehead atoms. The maximum Gasteiger partial charge on any atom is 0.130 e. The molecule has 1 aromatic heterocycles. The van der Waals surface area contributed by atoms with Gasteiger partial charge in [-0.15, -0.1) is 0 Å². The number of nitrogens with zero attached hydrogens (tertiary/aromatic N) is 2. The van der Waals surface area contributed by atoms with E-state index in [9.17, 15) is 0 Å². The summed E-state index contributed by atoms with van der Waals surface area (Å²) < 4.78 is 7.58. The van der Waals surface area contributed by atoms with Crippen LogP contribution in [0, 0.1) is 6.92 Å². The number of aromatic nitrogens is 2. The molecule has 0 aliphatic rings. The maximum atomic E-state index is 5.63. The van der Waals surface area contributed by atoms with Crippen molar-refractivity contribution >= 4 is 0 Å². The molecule has 0 amide bonds. The fraction of sp³-hybridized carbons (Fsp3) is 0.250. The molecule has 2 rings (SSSR count). The SMILES string of the molecule is Cc1ccc(OCc2cncn2C)cc1. The van der Waals surface area contributed by atoms with E-state index in [4.69, 9.17) is 4.74 Å². The Bertz CT molecular complexity index is 431. The third-order valence-corrected chi connectivity index (χ3v) is 2.32. The third kappa shape index (κ3) is 2.37. The van der Waals surface area contributed by atoms with Crippen LogP contribution in [0.4, 0.5) is 0 Å². The average Bonchev–Trinajstić information content (AvgIpc) is 2.63. The molecular formula is C12H14N2O. The molecule has 0 fully saturated rings. The van der Waals surface area contributed by atoms with Crippen LogP contribution in [0.15, 0.2) is 36.8 Å². The first kappa shape index (κ1) is 9.77. The van der Waals surface area contributed by atoms with E-state index in [0.717, 1.165) is 11.4 Å². The Labute approximate surface area is 89.3 Å². The monoisotopic (exact) mass is 202 g/mol. The Morgan fingerprint density at radius 1 is 1.27 bits per heavy atom. The molecule has 78 valence electrons. The van der Waals surface area contributed by atoms with Crippen molar-refractivity contribution in [1.29, 1.82) is 0 Å². The zero-order valence-corrected chi connectivity index (χ0v) is 8.97. The van der Waals surface area contributed by atoms with Gasteiger partial charge in [-0.05, 0) is 19.1 Å². The second-order valence-corrected chi connectivity index (χ2v) is 3.60. The van der Waals surface area contributed by atoms with Gasteiger partial charge in [0.25, 0.3) is 0 Å². The summed E-state index contributed by atoms with van der Waals surface area (Å²) in [6.07, 6.45) is 3.59. The van der Waals surface area contributed by atoms with Crippen LogP contribution in [0.5, 0.6) is 5.75 Å². The lowest BCUT2D eigenvalue weighted by Crippen LogP contribution is -2.00. The van der Waals surface area contributed by atoms with E-state index in [1.54, 1.807) is 6.33 Å². The van der Waals surface area contributed by atoms with E-state index in [0.29, 0.717) is 6.61 Å². The number of aryl methyl sites for hydroxylation is 2. The van der Waals surface area contributed by atoms with Gasteiger partial charge in [0.05, 0.1) is 18.2 Å². The van der Waals surface area contributed by atoms with Gasteiger partial charge in [-0.25, -0.2) is 4.98 Å². The summed E-state index contributed by atoms with van der Waals surface area (Å²) in [4.78, 5) is 4.03. The van der Waals surface area contributed by atoms with Gasteiger partial charge < -0.3 is 9.30 Å². The molecular weight excluding hydrogens is 188 g/mol. The number of benzene rings is 1. The molecule has 1 heterocycles. The normalized spacial score (nSPS) is 10.3. The fourth-order valence-corrected chi connectivity index (χ4v) is 1.32. The van der Waals surface area contributed by atoms with Gasteiger partial charge in [0, 0.05) is 7.05 Å². The molecule has 15 heavy (non-hydrogen) atoms. The number of rotatable bonds is 3. The molecule has 0 spiro atoms. The number of ether oxygens (including phenoxy) is 1. The van der Waals surface area contributed by atoms with Crippen molar-refractivity contribution in [2.45, 2.75) is 13.5 Å². The van der Waals surface area contributed by atoms with Gasteiger partial charge in [0.1, 0.15) is 12.4 Å². The Hall–Kier alpha value is -1.77. The summed E-state index contributed by atoms with van der Waals surface area (Å²) in [6.45, 7) is 2.62. The minimum absolute atomic E-state index is 0.555. The molecule has 0 radical (unpaired) electrons. The van der Waals surface area contributed by atoms with Crippen LogP contribution in [0.2, 0.25) is 0 Å². The summed E-state index contributed by atoms with van der Waals surface area (Å²) in [5.41, 5.74) is 2.30. The predicted molar refractivity (Wildman–Crippen MR) is 58.7 cm³/mol. The van der Waals surface area contributed by atoms with E-state index in [1.807, 2.05) is 42.1 Å². The Kier molecular flexibility index (Phi) is 2.72. The van der Waals surface area contributed by atoms with Crippen LogP contribution in [0.3, 0.4) is 0 Å². The fourth-order valence-electron chi connectivity index (χ4n) is 1.32. The van der Waals surface area contributed by atoms with E-state index in [1.165, 1.54) is 5.56 Å². The van der Waals surface area contributed by atoms with Crippen molar-refractivity contribution in [3.8, 4) is 5.75 Å². The van der Waals surface area contributed by atoms with E-state index in [-0.39, 0.29) is 0 Å². The summed E-state index contributed by atoms with van der Waals surface area (Å²) in [6, 6.07) is 8.04. The first-order valence-corrected chi connectivity index (χ1v) is 4.90. The smallest absolute Gasteiger partial charge is 0.130 e. The van der Waals surface area contributed by atoms with Crippen molar-refractivity contribution in [2.24, 2.45) is 7.05 Å². The van der Waals surface area contributed by atoms with Crippen LogP contribution >= 0.6 is 0 Å². The lowest BCUT2D eigenvalue weighted by atomic mass is 10.2. The van der Waals surface area contributed by atoms with Gasteiger partial charge >= 0.3 is 0 Å². The topological polar surface area (TPSA) is 27.1 Å². The molecule has 0 atom stereocenters. The summed E-state index contributed by atoms with van der Waals surface area (Å²) >= 11 is 0.